The molecule has 0 saturated heterocycles. The highest BCUT2D eigenvalue weighted by molar-refractivity contribution is 7.12. The molecule has 0 radical (unpaired) electrons. The number of hydrogen-bond donors (Lipinski definition) is 2. The normalized spacial score (nSPS) is 10.1. The second-order valence-corrected chi connectivity index (χ2v) is 5.65. The Morgan fingerprint density at radius 2 is 1.48 bits per heavy atom. The maximum atomic E-state index is 12.1. The van der Waals surface area contributed by atoms with Gasteiger partial charge < -0.3 is 10.6 Å². The Bertz CT molecular complexity index is 800. The van der Waals surface area contributed by atoms with Crippen molar-refractivity contribution in [1.29, 1.82) is 0 Å². The van der Waals surface area contributed by atoms with Crippen molar-refractivity contribution in [2.45, 2.75) is 0 Å². The predicted molar refractivity (Wildman–Crippen MR) is 90.9 cm³/mol. The van der Waals surface area contributed by atoms with Crippen molar-refractivity contribution in [2.24, 2.45) is 0 Å². The largest absolute Gasteiger partial charge is 0.322 e. The van der Waals surface area contributed by atoms with Gasteiger partial charge in [0.15, 0.2) is 0 Å². The molecule has 0 aliphatic heterocycles. The van der Waals surface area contributed by atoms with Gasteiger partial charge in [0.05, 0.1) is 4.88 Å². The number of nitrogens with zero attached hydrogens (tertiary/aromatic N) is 1. The third-order valence-corrected chi connectivity index (χ3v) is 3.96. The lowest BCUT2D eigenvalue weighted by Crippen LogP contribution is -2.13. The second kappa shape index (κ2) is 6.85. The minimum Gasteiger partial charge on any atom is -0.322 e. The van der Waals surface area contributed by atoms with Gasteiger partial charge in [0, 0.05) is 29.3 Å². The average Bonchev–Trinajstić information content (AvgIpc) is 3.11. The molecule has 0 aliphatic rings. The summed E-state index contributed by atoms with van der Waals surface area (Å²) in [7, 11) is 0. The topological polar surface area (TPSA) is 71.1 Å². The number of rotatable bonds is 4. The van der Waals surface area contributed by atoms with Gasteiger partial charge in [-0.05, 0) is 47.8 Å². The molecule has 114 valence electrons. The zero-order valence-electron chi connectivity index (χ0n) is 12.0. The van der Waals surface area contributed by atoms with Crippen LogP contribution in [0.1, 0.15) is 20.0 Å². The number of thiophene rings is 1. The molecule has 2 N–H and O–H groups in total. The van der Waals surface area contributed by atoms with Crippen LogP contribution in [0, 0.1) is 0 Å². The summed E-state index contributed by atoms with van der Waals surface area (Å²) in [5.41, 5.74) is 1.83. The molecule has 0 saturated carbocycles. The third-order valence-electron chi connectivity index (χ3n) is 3.09. The van der Waals surface area contributed by atoms with E-state index in [4.69, 9.17) is 0 Å². The zero-order valence-corrected chi connectivity index (χ0v) is 12.8. The lowest BCUT2D eigenvalue weighted by molar-refractivity contribution is 0.102. The number of anilines is 2. The monoisotopic (exact) mass is 323 g/mol. The van der Waals surface area contributed by atoms with Crippen molar-refractivity contribution in [3.8, 4) is 0 Å². The van der Waals surface area contributed by atoms with Crippen LogP contribution in [0.5, 0.6) is 0 Å². The van der Waals surface area contributed by atoms with Gasteiger partial charge in [-0.25, -0.2) is 0 Å². The molecular weight excluding hydrogens is 310 g/mol. The first kappa shape index (κ1) is 14.9. The number of amides is 2. The highest BCUT2D eigenvalue weighted by Crippen LogP contribution is 2.15. The summed E-state index contributed by atoms with van der Waals surface area (Å²) >= 11 is 1.38. The van der Waals surface area contributed by atoms with E-state index < -0.39 is 0 Å². The van der Waals surface area contributed by atoms with Crippen molar-refractivity contribution in [3.63, 3.8) is 0 Å². The Morgan fingerprint density at radius 1 is 0.826 bits per heavy atom. The molecule has 3 aromatic rings. The maximum absolute atomic E-state index is 12.1. The van der Waals surface area contributed by atoms with Gasteiger partial charge in [-0.15, -0.1) is 11.3 Å². The smallest absolute Gasteiger partial charge is 0.265 e. The van der Waals surface area contributed by atoms with Crippen LogP contribution in [0.4, 0.5) is 11.4 Å². The molecule has 5 nitrogen and oxygen atoms in total. The highest BCUT2D eigenvalue weighted by Gasteiger charge is 2.09. The first-order valence-corrected chi connectivity index (χ1v) is 7.76. The molecule has 1 aromatic carbocycles. The minimum absolute atomic E-state index is 0.158. The van der Waals surface area contributed by atoms with Gasteiger partial charge in [-0.2, -0.15) is 0 Å². The van der Waals surface area contributed by atoms with Crippen LogP contribution in [0.2, 0.25) is 0 Å². The fourth-order valence-electron chi connectivity index (χ4n) is 1.94. The van der Waals surface area contributed by atoms with Gasteiger partial charge in [0.25, 0.3) is 11.8 Å². The summed E-state index contributed by atoms with van der Waals surface area (Å²) in [4.78, 5) is 28.6. The standard InChI is InChI=1S/C17H13N3O2S/c21-16(19-14-7-9-18-10-8-14)12-3-5-13(6-4-12)20-17(22)15-2-1-11-23-15/h1-11H,(H,20,22)(H,18,19,21). The predicted octanol–water partition coefficient (Wildman–Crippen LogP) is 3.65. The van der Waals surface area contributed by atoms with Crippen LogP contribution in [0.15, 0.2) is 66.3 Å². The van der Waals surface area contributed by atoms with E-state index in [1.165, 1.54) is 11.3 Å². The zero-order chi connectivity index (χ0) is 16.1. The summed E-state index contributed by atoms with van der Waals surface area (Å²) in [5, 5.41) is 7.42. The molecule has 2 heterocycles. The van der Waals surface area contributed by atoms with Crippen molar-refractivity contribution >= 4 is 34.5 Å². The Hall–Kier alpha value is -2.99. The lowest BCUT2D eigenvalue weighted by Gasteiger charge is -2.07. The Balaban J connectivity index is 1.65. The van der Waals surface area contributed by atoms with E-state index >= 15 is 0 Å². The first-order valence-electron chi connectivity index (χ1n) is 6.89. The SMILES string of the molecule is O=C(Nc1ccncc1)c1ccc(NC(=O)c2cccs2)cc1. The van der Waals surface area contributed by atoms with Gasteiger partial charge in [-0.3, -0.25) is 14.6 Å². The van der Waals surface area contributed by atoms with Crippen LogP contribution in [0.3, 0.4) is 0 Å². The fourth-order valence-corrected chi connectivity index (χ4v) is 2.56. The van der Waals surface area contributed by atoms with Gasteiger partial charge in [-0.1, -0.05) is 6.07 Å². The van der Waals surface area contributed by atoms with Gasteiger partial charge in [0.2, 0.25) is 0 Å². The van der Waals surface area contributed by atoms with E-state index in [-0.39, 0.29) is 11.8 Å². The average molecular weight is 323 g/mol. The molecule has 6 heteroatoms. The molecule has 0 bridgehead atoms. The Morgan fingerprint density at radius 3 is 2.13 bits per heavy atom. The molecular formula is C17H13N3O2S. The van der Waals surface area contributed by atoms with Crippen molar-refractivity contribution in [1.82, 2.24) is 4.98 Å². The molecule has 0 unspecified atom stereocenters. The summed E-state index contributed by atoms with van der Waals surface area (Å²) in [6.07, 6.45) is 3.22. The van der Waals surface area contributed by atoms with Crippen LogP contribution in [-0.2, 0) is 0 Å². The summed E-state index contributed by atoms with van der Waals surface area (Å²) in [6, 6.07) is 13.8. The number of nitrogens with one attached hydrogen (secondary N) is 2. The molecule has 0 atom stereocenters. The molecule has 2 aromatic heterocycles. The van der Waals surface area contributed by atoms with E-state index in [2.05, 4.69) is 15.6 Å². The summed E-state index contributed by atoms with van der Waals surface area (Å²) in [6.45, 7) is 0. The van der Waals surface area contributed by atoms with Crippen LogP contribution in [0.25, 0.3) is 0 Å². The number of carbonyl (C=O) groups is 2. The second-order valence-electron chi connectivity index (χ2n) is 4.70. The number of pyridine rings is 1. The van der Waals surface area contributed by atoms with Gasteiger partial charge in [0.1, 0.15) is 0 Å². The molecule has 0 spiro atoms. The van der Waals surface area contributed by atoms with Crippen LogP contribution >= 0.6 is 11.3 Å². The maximum Gasteiger partial charge on any atom is 0.265 e. The molecule has 23 heavy (non-hydrogen) atoms. The van der Waals surface area contributed by atoms with E-state index in [9.17, 15) is 9.59 Å². The van der Waals surface area contributed by atoms with E-state index in [0.717, 1.165) is 0 Å². The van der Waals surface area contributed by atoms with E-state index in [1.807, 2.05) is 11.4 Å². The highest BCUT2D eigenvalue weighted by atomic mass is 32.1. The quantitative estimate of drug-likeness (QED) is 0.770. The fraction of sp³-hybridized carbons (Fsp3) is 0. The summed E-state index contributed by atoms with van der Waals surface area (Å²) < 4.78 is 0. The number of hydrogen-bond acceptors (Lipinski definition) is 4. The van der Waals surface area contributed by atoms with E-state index in [1.54, 1.807) is 54.9 Å². The number of benzene rings is 1. The molecule has 2 amide bonds. The molecule has 3 rings (SSSR count). The van der Waals surface area contributed by atoms with Crippen molar-refractivity contribution in [3.05, 3.63) is 76.7 Å². The van der Waals surface area contributed by atoms with Crippen LogP contribution in [-0.4, -0.2) is 16.8 Å². The lowest BCUT2D eigenvalue weighted by atomic mass is 10.2. The molecule has 0 fully saturated rings. The minimum atomic E-state index is -0.215. The van der Waals surface area contributed by atoms with Crippen LogP contribution < -0.4 is 10.6 Å². The Kier molecular flexibility index (Phi) is 4.44. The number of aromatic nitrogens is 1. The van der Waals surface area contributed by atoms with Crippen molar-refractivity contribution in [2.75, 3.05) is 10.6 Å². The third kappa shape index (κ3) is 3.81. The van der Waals surface area contributed by atoms with Gasteiger partial charge >= 0.3 is 0 Å². The first-order chi connectivity index (χ1) is 11.2. The molecule has 0 aliphatic carbocycles. The van der Waals surface area contributed by atoms with Crippen molar-refractivity contribution < 1.29 is 9.59 Å². The van der Waals surface area contributed by atoms with E-state index in [0.29, 0.717) is 21.8 Å². The number of carbonyl (C=O) groups excluding carboxylic acids is 2. The Labute approximate surface area is 137 Å². The summed E-state index contributed by atoms with van der Waals surface area (Å²) in [5.74, 6) is -0.374.